The van der Waals surface area contributed by atoms with Crippen LogP contribution in [-0.2, 0) is 9.53 Å². The summed E-state index contributed by atoms with van der Waals surface area (Å²) in [6.45, 7) is 1.53. The van der Waals surface area contributed by atoms with Crippen molar-refractivity contribution >= 4 is 22.7 Å². The second-order valence-corrected chi connectivity index (χ2v) is 8.79. The molecule has 166 valence electrons. The number of hydrogen-bond acceptors (Lipinski definition) is 5. The molecular formula is C25H25FN2O4. The van der Waals surface area contributed by atoms with E-state index in [2.05, 4.69) is 5.32 Å². The van der Waals surface area contributed by atoms with Crippen LogP contribution in [0.3, 0.4) is 0 Å². The number of phenols is 1. The lowest BCUT2D eigenvalue weighted by Crippen LogP contribution is -2.26. The van der Waals surface area contributed by atoms with Crippen molar-refractivity contribution in [2.45, 2.75) is 31.6 Å². The molecule has 3 N–H and O–H groups in total. The predicted molar refractivity (Wildman–Crippen MR) is 119 cm³/mol. The summed E-state index contributed by atoms with van der Waals surface area (Å²) in [6.07, 6.45) is 2.86. The summed E-state index contributed by atoms with van der Waals surface area (Å²) < 4.78 is 19.8. The topological polar surface area (TPSA) is 91.7 Å². The number of aliphatic carboxylic acids is 1. The van der Waals surface area contributed by atoms with E-state index >= 15 is 0 Å². The second-order valence-electron chi connectivity index (χ2n) is 8.79. The summed E-state index contributed by atoms with van der Waals surface area (Å²) in [7, 11) is 0. The lowest BCUT2D eigenvalue weighted by Gasteiger charge is -2.28. The first-order chi connectivity index (χ1) is 15.5. The van der Waals surface area contributed by atoms with E-state index in [4.69, 9.17) is 9.72 Å². The molecule has 3 aromatic rings. The summed E-state index contributed by atoms with van der Waals surface area (Å²) in [5.74, 6) is -0.316. The minimum atomic E-state index is -0.804. The number of benzene rings is 2. The predicted octanol–water partition coefficient (Wildman–Crippen LogP) is 4.92. The van der Waals surface area contributed by atoms with E-state index in [1.807, 2.05) is 12.1 Å². The van der Waals surface area contributed by atoms with Gasteiger partial charge in [0.15, 0.2) is 0 Å². The maximum absolute atomic E-state index is 14.2. The van der Waals surface area contributed by atoms with Crippen molar-refractivity contribution in [1.82, 2.24) is 4.98 Å². The van der Waals surface area contributed by atoms with Gasteiger partial charge in [0.25, 0.3) is 0 Å². The molecule has 0 radical (unpaired) electrons. The Balaban J connectivity index is 1.72. The Bertz CT molecular complexity index is 1190. The summed E-state index contributed by atoms with van der Waals surface area (Å²) >= 11 is 0. The third-order valence-electron chi connectivity index (χ3n) is 6.65. The SMILES string of the molecule is O=C(O)C1(CNc2nc3cc(O)ccc3c(-c3cccc(F)c3)c2C2CCOCC2)CC1. The standard InChI is InChI=1S/C25H25FN2O4/c26-17-3-1-2-16(12-17)21-19-5-4-18(29)13-20(19)28-23(22(21)15-6-10-32-11-7-15)27-14-25(8-9-25)24(30)31/h1-5,12-13,15,29H,6-11,14H2,(H,27,28)(H,30,31). The van der Waals surface area contributed by atoms with E-state index in [1.54, 1.807) is 18.2 Å². The number of nitrogens with zero attached hydrogens (tertiary/aromatic N) is 1. The van der Waals surface area contributed by atoms with Crippen LogP contribution in [0.15, 0.2) is 42.5 Å². The number of fused-ring (bicyclic) bond motifs is 1. The third kappa shape index (κ3) is 3.77. The zero-order valence-electron chi connectivity index (χ0n) is 17.6. The molecule has 7 heteroatoms. The maximum Gasteiger partial charge on any atom is 0.311 e. The number of nitrogens with one attached hydrogen (secondary N) is 1. The Morgan fingerprint density at radius 3 is 2.66 bits per heavy atom. The molecule has 5 rings (SSSR count). The minimum absolute atomic E-state index is 0.0872. The molecule has 0 unspecified atom stereocenters. The van der Waals surface area contributed by atoms with Crippen molar-refractivity contribution in [1.29, 1.82) is 0 Å². The maximum atomic E-state index is 14.2. The number of halogens is 1. The smallest absolute Gasteiger partial charge is 0.311 e. The largest absolute Gasteiger partial charge is 0.508 e. The molecule has 2 heterocycles. The van der Waals surface area contributed by atoms with Crippen molar-refractivity contribution in [3.05, 3.63) is 53.8 Å². The highest BCUT2D eigenvalue weighted by molar-refractivity contribution is 5.99. The fourth-order valence-electron chi connectivity index (χ4n) is 4.61. The van der Waals surface area contributed by atoms with Crippen LogP contribution < -0.4 is 5.32 Å². The van der Waals surface area contributed by atoms with E-state index in [-0.39, 0.29) is 24.0 Å². The quantitative estimate of drug-likeness (QED) is 0.508. The number of ether oxygens (including phenoxy) is 1. The van der Waals surface area contributed by atoms with Gasteiger partial charge in [0.1, 0.15) is 17.4 Å². The van der Waals surface area contributed by atoms with Crippen LogP contribution in [0.25, 0.3) is 22.0 Å². The van der Waals surface area contributed by atoms with Gasteiger partial charge in [-0.2, -0.15) is 0 Å². The molecule has 1 saturated carbocycles. The van der Waals surface area contributed by atoms with Gasteiger partial charge < -0.3 is 20.3 Å². The second kappa shape index (κ2) is 8.06. The molecule has 2 aliphatic rings. The lowest BCUT2D eigenvalue weighted by atomic mass is 9.84. The summed E-state index contributed by atoms with van der Waals surface area (Å²) in [5.41, 5.74) is 2.36. The average Bonchev–Trinajstić information content (AvgIpc) is 3.58. The van der Waals surface area contributed by atoms with E-state index in [9.17, 15) is 19.4 Å². The van der Waals surface area contributed by atoms with E-state index in [0.29, 0.717) is 37.4 Å². The first-order valence-corrected chi connectivity index (χ1v) is 10.9. The Labute approximate surface area is 185 Å². The molecule has 32 heavy (non-hydrogen) atoms. The first kappa shape index (κ1) is 20.7. The molecule has 1 aliphatic carbocycles. The average molecular weight is 436 g/mol. The highest BCUT2D eigenvalue weighted by Gasteiger charge is 2.50. The summed E-state index contributed by atoms with van der Waals surface area (Å²) in [6, 6.07) is 11.5. The summed E-state index contributed by atoms with van der Waals surface area (Å²) in [4.78, 5) is 16.5. The molecular weight excluding hydrogens is 411 g/mol. The minimum Gasteiger partial charge on any atom is -0.508 e. The Kier molecular flexibility index (Phi) is 5.21. The van der Waals surface area contributed by atoms with Gasteiger partial charge >= 0.3 is 5.97 Å². The molecule has 0 atom stereocenters. The van der Waals surface area contributed by atoms with Crippen molar-refractivity contribution in [2.75, 3.05) is 25.1 Å². The van der Waals surface area contributed by atoms with Gasteiger partial charge in [0.2, 0.25) is 0 Å². The van der Waals surface area contributed by atoms with Gasteiger partial charge in [-0.3, -0.25) is 4.79 Å². The van der Waals surface area contributed by atoms with Gasteiger partial charge in [0.05, 0.1) is 10.9 Å². The normalized spacial score (nSPS) is 17.9. The number of carboxylic acid groups (broad SMARTS) is 1. The number of pyridine rings is 1. The van der Waals surface area contributed by atoms with E-state index in [0.717, 1.165) is 34.9 Å². The summed E-state index contributed by atoms with van der Waals surface area (Å²) in [5, 5.41) is 23.8. The van der Waals surface area contributed by atoms with Gasteiger partial charge in [-0.25, -0.2) is 9.37 Å². The van der Waals surface area contributed by atoms with Crippen LogP contribution in [0.1, 0.15) is 37.2 Å². The van der Waals surface area contributed by atoms with Crippen molar-refractivity contribution in [3.63, 3.8) is 0 Å². The Morgan fingerprint density at radius 1 is 1.19 bits per heavy atom. The van der Waals surface area contributed by atoms with Gasteiger partial charge in [0, 0.05) is 36.8 Å². The number of carboxylic acids is 1. The first-order valence-electron chi connectivity index (χ1n) is 10.9. The molecule has 0 spiro atoms. The molecule has 1 aromatic heterocycles. The van der Waals surface area contributed by atoms with E-state index in [1.165, 1.54) is 12.1 Å². The Morgan fingerprint density at radius 2 is 1.97 bits per heavy atom. The van der Waals surface area contributed by atoms with Crippen molar-refractivity contribution < 1.29 is 24.1 Å². The fraction of sp³-hybridized carbons (Fsp3) is 0.360. The number of hydrogen-bond donors (Lipinski definition) is 3. The Hall–Kier alpha value is -3.19. The van der Waals surface area contributed by atoms with E-state index < -0.39 is 11.4 Å². The molecule has 2 aromatic carbocycles. The van der Waals surface area contributed by atoms with Crippen molar-refractivity contribution in [3.8, 4) is 16.9 Å². The number of rotatable bonds is 6. The molecule has 0 bridgehead atoms. The van der Waals surface area contributed by atoms with Crippen LogP contribution in [0.4, 0.5) is 10.2 Å². The monoisotopic (exact) mass is 436 g/mol. The lowest BCUT2D eigenvalue weighted by molar-refractivity contribution is -0.142. The van der Waals surface area contributed by atoms with Crippen molar-refractivity contribution in [2.24, 2.45) is 5.41 Å². The van der Waals surface area contributed by atoms with Gasteiger partial charge in [-0.15, -0.1) is 0 Å². The van der Waals surface area contributed by atoms with Gasteiger partial charge in [-0.1, -0.05) is 12.1 Å². The number of phenolic OH excluding ortho intramolecular Hbond substituents is 1. The fourth-order valence-corrected chi connectivity index (χ4v) is 4.61. The van der Waals surface area contributed by atoms with Gasteiger partial charge in [-0.05, 0) is 67.0 Å². The zero-order valence-corrected chi connectivity index (χ0v) is 17.6. The number of aromatic nitrogens is 1. The van der Waals surface area contributed by atoms with Crippen LogP contribution in [0, 0.1) is 11.2 Å². The highest BCUT2D eigenvalue weighted by Crippen LogP contribution is 2.47. The van der Waals surface area contributed by atoms with Crippen LogP contribution >= 0.6 is 0 Å². The molecule has 0 amide bonds. The molecule has 2 fully saturated rings. The highest BCUT2D eigenvalue weighted by atomic mass is 19.1. The van der Waals surface area contributed by atoms with Crippen LogP contribution in [0.2, 0.25) is 0 Å². The zero-order chi connectivity index (χ0) is 22.3. The van der Waals surface area contributed by atoms with Crippen LogP contribution in [-0.4, -0.2) is 40.9 Å². The number of anilines is 1. The molecule has 1 aliphatic heterocycles. The number of aromatic hydroxyl groups is 1. The third-order valence-corrected chi connectivity index (χ3v) is 6.65. The number of carbonyl (C=O) groups is 1. The van der Waals surface area contributed by atoms with Crippen LogP contribution in [0.5, 0.6) is 5.75 Å². The molecule has 6 nitrogen and oxygen atoms in total. The molecule has 1 saturated heterocycles.